The maximum Gasteiger partial charge on any atom is 0.243 e. The number of anilines is 1. The molecule has 1 aromatic carbocycles. The first-order valence-electron chi connectivity index (χ1n) is 7.39. The minimum Gasteiger partial charge on any atom is -0.346 e. The summed E-state index contributed by atoms with van der Waals surface area (Å²) >= 11 is 0. The molecule has 21 heavy (non-hydrogen) atoms. The number of rotatable bonds is 7. The summed E-state index contributed by atoms with van der Waals surface area (Å²) in [5, 5.41) is 8.56. The topological polar surface area (TPSA) is 70.2 Å². The molecule has 1 saturated carbocycles. The second kappa shape index (κ2) is 7.22. The van der Waals surface area contributed by atoms with Crippen LogP contribution in [0.1, 0.15) is 24.0 Å². The number of hydrogen-bond donors (Lipinski definition) is 3. The Kier molecular flexibility index (Phi) is 5.33. The van der Waals surface area contributed by atoms with E-state index in [0.29, 0.717) is 0 Å². The summed E-state index contributed by atoms with van der Waals surface area (Å²) in [6.07, 6.45) is 2.51. The number of carbonyl (C=O) groups is 2. The summed E-state index contributed by atoms with van der Waals surface area (Å²) in [6.45, 7) is 5.05. The van der Waals surface area contributed by atoms with E-state index in [1.807, 2.05) is 32.0 Å². The van der Waals surface area contributed by atoms with Crippen molar-refractivity contribution < 1.29 is 9.59 Å². The van der Waals surface area contributed by atoms with Gasteiger partial charge in [0.25, 0.3) is 0 Å². The molecular formula is C16H23N3O2. The molecule has 1 fully saturated rings. The maximum atomic E-state index is 11.9. The van der Waals surface area contributed by atoms with Gasteiger partial charge in [-0.2, -0.15) is 0 Å². The van der Waals surface area contributed by atoms with Crippen molar-refractivity contribution in [3.8, 4) is 0 Å². The Bertz CT molecular complexity index is 504. The van der Waals surface area contributed by atoms with E-state index in [1.165, 1.54) is 12.8 Å². The van der Waals surface area contributed by atoms with E-state index in [1.54, 1.807) is 0 Å². The fraction of sp³-hybridized carbons (Fsp3) is 0.500. The third-order valence-corrected chi connectivity index (χ3v) is 3.61. The fourth-order valence-corrected chi connectivity index (χ4v) is 2.15. The highest BCUT2D eigenvalue weighted by Crippen LogP contribution is 2.27. The standard InChI is InChI=1S/C16H23N3O2/c1-11-4-3-5-12(2)16(11)19-15(21)10-18-14(20)9-17-8-13-6-7-13/h3-5,13,17H,6-10H2,1-2H3,(H,18,20)(H,19,21). The third kappa shape index (κ3) is 5.19. The van der Waals surface area contributed by atoms with Crippen LogP contribution in [0.25, 0.3) is 0 Å². The maximum absolute atomic E-state index is 11.9. The SMILES string of the molecule is Cc1cccc(C)c1NC(=O)CNC(=O)CNCC1CC1. The van der Waals surface area contributed by atoms with Crippen LogP contribution >= 0.6 is 0 Å². The monoisotopic (exact) mass is 289 g/mol. The van der Waals surface area contributed by atoms with Gasteiger partial charge in [-0.05, 0) is 50.3 Å². The largest absolute Gasteiger partial charge is 0.346 e. The van der Waals surface area contributed by atoms with Gasteiger partial charge >= 0.3 is 0 Å². The van der Waals surface area contributed by atoms with Gasteiger partial charge in [0, 0.05) is 5.69 Å². The molecule has 3 N–H and O–H groups in total. The van der Waals surface area contributed by atoms with Gasteiger partial charge in [0.2, 0.25) is 11.8 Å². The predicted octanol–water partition coefficient (Wildman–Crippen LogP) is 1.36. The van der Waals surface area contributed by atoms with Crippen LogP contribution in [0.4, 0.5) is 5.69 Å². The second-order valence-corrected chi connectivity index (χ2v) is 5.67. The lowest BCUT2D eigenvalue weighted by atomic mass is 10.1. The van der Waals surface area contributed by atoms with E-state index < -0.39 is 0 Å². The first-order chi connectivity index (χ1) is 10.1. The Hall–Kier alpha value is -1.88. The quantitative estimate of drug-likeness (QED) is 0.710. The highest BCUT2D eigenvalue weighted by molar-refractivity contribution is 5.95. The van der Waals surface area contributed by atoms with Crippen LogP contribution in [0.3, 0.4) is 0 Å². The van der Waals surface area contributed by atoms with E-state index in [9.17, 15) is 9.59 Å². The van der Waals surface area contributed by atoms with Crippen molar-refractivity contribution in [2.45, 2.75) is 26.7 Å². The lowest BCUT2D eigenvalue weighted by molar-refractivity contribution is -0.123. The van der Waals surface area contributed by atoms with E-state index in [4.69, 9.17) is 0 Å². The number of amides is 2. The Morgan fingerprint density at radius 2 is 1.76 bits per heavy atom. The molecule has 5 heteroatoms. The molecule has 1 aliphatic rings. The molecule has 0 aliphatic heterocycles. The van der Waals surface area contributed by atoms with Crippen LogP contribution in [0.5, 0.6) is 0 Å². The van der Waals surface area contributed by atoms with Crippen LogP contribution in [0, 0.1) is 19.8 Å². The zero-order valence-electron chi connectivity index (χ0n) is 12.7. The van der Waals surface area contributed by atoms with Gasteiger partial charge in [-0.3, -0.25) is 9.59 Å². The number of hydrogen-bond acceptors (Lipinski definition) is 3. The van der Waals surface area contributed by atoms with Gasteiger partial charge in [-0.15, -0.1) is 0 Å². The van der Waals surface area contributed by atoms with Gasteiger partial charge < -0.3 is 16.0 Å². The predicted molar refractivity (Wildman–Crippen MR) is 83.1 cm³/mol. The highest BCUT2D eigenvalue weighted by Gasteiger charge is 2.20. The molecule has 0 bridgehead atoms. The first kappa shape index (κ1) is 15.5. The van der Waals surface area contributed by atoms with Crippen molar-refractivity contribution in [1.82, 2.24) is 10.6 Å². The Balaban J connectivity index is 1.70. The second-order valence-electron chi connectivity index (χ2n) is 5.67. The van der Waals surface area contributed by atoms with Crippen LogP contribution in [-0.4, -0.2) is 31.4 Å². The molecular weight excluding hydrogens is 266 g/mol. The molecule has 0 heterocycles. The molecule has 0 atom stereocenters. The van der Waals surface area contributed by atoms with E-state index in [2.05, 4.69) is 16.0 Å². The zero-order chi connectivity index (χ0) is 15.2. The van der Waals surface area contributed by atoms with Crippen LogP contribution in [-0.2, 0) is 9.59 Å². The molecule has 5 nitrogen and oxygen atoms in total. The summed E-state index contributed by atoms with van der Waals surface area (Å²) in [5.74, 6) is 0.389. The fourth-order valence-electron chi connectivity index (χ4n) is 2.15. The Morgan fingerprint density at radius 1 is 1.10 bits per heavy atom. The van der Waals surface area contributed by atoms with Crippen molar-refractivity contribution in [2.75, 3.05) is 25.0 Å². The molecule has 0 radical (unpaired) electrons. The number of nitrogens with one attached hydrogen (secondary N) is 3. The average Bonchev–Trinajstić information content (AvgIpc) is 3.25. The number of para-hydroxylation sites is 1. The third-order valence-electron chi connectivity index (χ3n) is 3.61. The summed E-state index contributed by atoms with van der Waals surface area (Å²) in [7, 11) is 0. The van der Waals surface area contributed by atoms with Gasteiger partial charge in [-0.25, -0.2) is 0 Å². The molecule has 0 spiro atoms. The zero-order valence-corrected chi connectivity index (χ0v) is 12.7. The van der Waals surface area contributed by atoms with Crippen molar-refractivity contribution >= 4 is 17.5 Å². The lowest BCUT2D eigenvalue weighted by Crippen LogP contribution is -2.39. The average molecular weight is 289 g/mol. The van der Waals surface area contributed by atoms with Gasteiger partial charge in [0.1, 0.15) is 0 Å². The van der Waals surface area contributed by atoms with Gasteiger partial charge in [0.05, 0.1) is 13.1 Å². The Morgan fingerprint density at radius 3 is 2.38 bits per heavy atom. The molecule has 0 unspecified atom stereocenters. The van der Waals surface area contributed by atoms with Crippen LogP contribution in [0.15, 0.2) is 18.2 Å². The summed E-state index contributed by atoms with van der Waals surface area (Å²) in [4.78, 5) is 23.4. The van der Waals surface area contributed by atoms with E-state index in [-0.39, 0.29) is 24.9 Å². The van der Waals surface area contributed by atoms with Crippen molar-refractivity contribution in [3.63, 3.8) is 0 Å². The van der Waals surface area contributed by atoms with Crippen molar-refractivity contribution in [3.05, 3.63) is 29.3 Å². The molecule has 2 rings (SSSR count). The number of benzene rings is 1. The smallest absolute Gasteiger partial charge is 0.243 e. The summed E-state index contributed by atoms with van der Waals surface area (Å²) in [5.41, 5.74) is 2.85. The molecule has 0 saturated heterocycles. The molecule has 1 aromatic rings. The minimum absolute atomic E-state index is 0.00227. The number of carbonyl (C=O) groups excluding carboxylic acids is 2. The summed E-state index contributed by atoms with van der Waals surface area (Å²) in [6, 6.07) is 5.85. The normalized spacial score (nSPS) is 13.8. The van der Waals surface area contributed by atoms with Gasteiger partial charge in [-0.1, -0.05) is 18.2 Å². The van der Waals surface area contributed by atoms with Crippen LogP contribution < -0.4 is 16.0 Å². The first-order valence-corrected chi connectivity index (χ1v) is 7.39. The molecule has 0 aromatic heterocycles. The van der Waals surface area contributed by atoms with Crippen molar-refractivity contribution in [1.29, 1.82) is 0 Å². The number of aryl methyl sites for hydroxylation is 2. The van der Waals surface area contributed by atoms with E-state index in [0.717, 1.165) is 29.3 Å². The van der Waals surface area contributed by atoms with Crippen LogP contribution in [0.2, 0.25) is 0 Å². The lowest BCUT2D eigenvalue weighted by Gasteiger charge is -2.12. The Labute approximate surface area is 125 Å². The van der Waals surface area contributed by atoms with E-state index >= 15 is 0 Å². The van der Waals surface area contributed by atoms with Crippen molar-refractivity contribution in [2.24, 2.45) is 5.92 Å². The molecule has 2 amide bonds. The minimum atomic E-state index is -0.206. The van der Waals surface area contributed by atoms with Gasteiger partial charge in [0.15, 0.2) is 0 Å². The highest BCUT2D eigenvalue weighted by atomic mass is 16.2. The molecule has 1 aliphatic carbocycles. The summed E-state index contributed by atoms with van der Waals surface area (Å²) < 4.78 is 0. The molecule has 114 valence electrons.